The second-order valence-corrected chi connectivity index (χ2v) is 5.99. The minimum absolute atomic E-state index is 1.22. The molecule has 0 unspecified atom stereocenters. The van der Waals surface area contributed by atoms with Gasteiger partial charge in [0.05, 0.1) is 0 Å². The van der Waals surface area contributed by atoms with E-state index in [1.54, 1.807) is 0 Å². The molecular weight excluding hydrogens is 238 g/mol. The van der Waals surface area contributed by atoms with Crippen LogP contribution in [0.3, 0.4) is 0 Å². The lowest BCUT2D eigenvalue weighted by Crippen LogP contribution is -2.17. The first-order chi connectivity index (χ1) is 8.88. The number of hydrogen-bond donors (Lipinski definition) is 0. The topological polar surface area (TPSA) is 3.24 Å². The van der Waals surface area contributed by atoms with Crippen LogP contribution in [0.15, 0.2) is 23.3 Å². The fourth-order valence-electron chi connectivity index (χ4n) is 2.23. The molecule has 0 aromatic heterocycles. The van der Waals surface area contributed by atoms with Crippen molar-refractivity contribution in [3.63, 3.8) is 0 Å². The molecule has 1 nitrogen and oxygen atoms in total. The maximum Gasteiger partial charge on any atom is 0.0295 e. The van der Waals surface area contributed by atoms with E-state index in [1.165, 1.54) is 70.0 Å². The van der Waals surface area contributed by atoms with Crippen molar-refractivity contribution in [2.24, 2.45) is 0 Å². The Morgan fingerprint density at radius 3 is 2.39 bits per heavy atom. The van der Waals surface area contributed by atoms with Crippen LogP contribution in [-0.4, -0.2) is 10.8 Å². The highest BCUT2D eigenvalue weighted by atomic mass is 32.2. The van der Waals surface area contributed by atoms with E-state index in [1.807, 2.05) is 11.9 Å². The molecule has 0 radical (unpaired) electrons. The maximum absolute atomic E-state index is 2.50. The van der Waals surface area contributed by atoms with Gasteiger partial charge in [-0.15, -0.1) is 0 Å². The molecule has 0 bridgehead atoms. The highest BCUT2D eigenvalue weighted by Gasteiger charge is 2.10. The quantitative estimate of drug-likeness (QED) is 0.358. The molecule has 1 aliphatic rings. The lowest BCUT2D eigenvalue weighted by Gasteiger charge is -2.26. The molecule has 0 aromatic rings. The molecule has 0 spiro atoms. The van der Waals surface area contributed by atoms with Crippen LogP contribution in [0.2, 0.25) is 0 Å². The number of hydrogen-bond acceptors (Lipinski definition) is 2. The average Bonchev–Trinajstić information content (AvgIpc) is 2.41. The molecule has 0 atom stereocenters. The van der Waals surface area contributed by atoms with E-state index in [0.717, 1.165) is 0 Å². The summed E-state index contributed by atoms with van der Waals surface area (Å²) in [6, 6.07) is 0. The monoisotopic (exact) mass is 267 g/mol. The Kier molecular flexibility index (Phi) is 9.19. The van der Waals surface area contributed by atoms with Gasteiger partial charge < -0.3 is 4.31 Å². The van der Waals surface area contributed by atoms with Crippen molar-refractivity contribution in [1.82, 2.24) is 4.31 Å². The molecule has 0 saturated heterocycles. The Balaban J connectivity index is 2.23. The predicted octanol–water partition coefficient (Wildman–Crippen LogP) is 5.90. The zero-order valence-corrected chi connectivity index (χ0v) is 13.0. The van der Waals surface area contributed by atoms with Gasteiger partial charge in [-0.3, -0.25) is 0 Å². The van der Waals surface area contributed by atoms with Crippen molar-refractivity contribution in [1.29, 1.82) is 0 Å². The second-order valence-electron chi connectivity index (χ2n) is 5.07. The van der Waals surface area contributed by atoms with Gasteiger partial charge in [0, 0.05) is 12.2 Å². The van der Waals surface area contributed by atoms with Crippen LogP contribution in [0.1, 0.15) is 71.6 Å². The number of unbranched alkanes of at least 4 members (excludes halogenated alkanes) is 6. The summed E-state index contributed by atoms with van der Waals surface area (Å²) in [5.74, 6) is 0. The van der Waals surface area contributed by atoms with Crippen LogP contribution in [0.5, 0.6) is 0 Å². The van der Waals surface area contributed by atoms with Crippen LogP contribution in [0, 0.1) is 0 Å². The smallest absolute Gasteiger partial charge is 0.0295 e. The summed E-state index contributed by atoms with van der Waals surface area (Å²) in [6.07, 6.45) is 16.6. The van der Waals surface area contributed by atoms with Gasteiger partial charge in [-0.05, 0) is 42.7 Å². The lowest BCUT2D eigenvalue weighted by molar-refractivity contribution is 0.494. The van der Waals surface area contributed by atoms with Gasteiger partial charge in [-0.2, -0.15) is 0 Å². The molecule has 1 rings (SSSR count). The van der Waals surface area contributed by atoms with E-state index in [9.17, 15) is 0 Å². The van der Waals surface area contributed by atoms with E-state index < -0.39 is 0 Å². The minimum Gasteiger partial charge on any atom is -0.317 e. The van der Waals surface area contributed by atoms with Crippen molar-refractivity contribution in [2.45, 2.75) is 71.6 Å². The van der Waals surface area contributed by atoms with E-state index in [-0.39, 0.29) is 0 Å². The molecule has 104 valence electrons. The summed E-state index contributed by atoms with van der Waals surface area (Å²) >= 11 is 1.88. The van der Waals surface area contributed by atoms with Crippen LogP contribution < -0.4 is 0 Å². The van der Waals surface area contributed by atoms with Gasteiger partial charge in [0.15, 0.2) is 0 Å². The second kappa shape index (κ2) is 10.5. The van der Waals surface area contributed by atoms with Gasteiger partial charge in [0.25, 0.3) is 0 Å². The average molecular weight is 267 g/mol. The molecule has 0 N–H and O–H groups in total. The van der Waals surface area contributed by atoms with Gasteiger partial charge in [0.1, 0.15) is 0 Å². The summed E-state index contributed by atoms with van der Waals surface area (Å²) < 4.78 is 2.50. The van der Waals surface area contributed by atoms with Crippen molar-refractivity contribution >= 4 is 11.9 Å². The first-order valence-electron chi connectivity index (χ1n) is 7.68. The van der Waals surface area contributed by atoms with Crippen molar-refractivity contribution in [3.05, 3.63) is 23.3 Å². The molecule has 2 heteroatoms. The van der Waals surface area contributed by atoms with Gasteiger partial charge in [0.2, 0.25) is 0 Å². The van der Waals surface area contributed by atoms with Crippen molar-refractivity contribution in [2.75, 3.05) is 6.54 Å². The molecule has 0 fully saturated rings. The summed E-state index contributed by atoms with van der Waals surface area (Å²) in [6.45, 7) is 5.77. The van der Waals surface area contributed by atoms with Gasteiger partial charge in [-0.25, -0.2) is 0 Å². The fraction of sp³-hybridized carbons (Fsp3) is 0.750. The SMILES string of the molecule is CCCCCCC1=CC=CSN1CCCCCC. The molecule has 0 saturated carbocycles. The molecule has 0 aromatic carbocycles. The highest BCUT2D eigenvalue weighted by Crippen LogP contribution is 2.27. The molecule has 0 amide bonds. The molecule has 18 heavy (non-hydrogen) atoms. The Labute approximate surface area is 118 Å². The van der Waals surface area contributed by atoms with E-state index in [4.69, 9.17) is 0 Å². The number of nitrogens with zero attached hydrogens (tertiary/aromatic N) is 1. The fourth-order valence-corrected chi connectivity index (χ4v) is 3.05. The Hall–Kier alpha value is -0.370. The third kappa shape index (κ3) is 6.53. The van der Waals surface area contributed by atoms with E-state index in [0.29, 0.717) is 0 Å². The van der Waals surface area contributed by atoms with Crippen LogP contribution in [0.4, 0.5) is 0 Å². The highest BCUT2D eigenvalue weighted by molar-refractivity contribution is 8.00. The first-order valence-corrected chi connectivity index (χ1v) is 8.52. The van der Waals surface area contributed by atoms with E-state index >= 15 is 0 Å². The Morgan fingerprint density at radius 1 is 0.944 bits per heavy atom. The molecule has 1 heterocycles. The van der Waals surface area contributed by atoms with Crippen LogP contribution in [0.25, 0.3) is 0 Å². The molecule has 1 aliphatic heterocycles. The normalized spacial score (nSPS) is 15.0. The lowest BCUT2D eigenvalue weighted by atomic mass is 10.1. The third-order valence-electron chi connectivity index (χ3n) is 3.38. The summed E-state index contributed by atoms with van der Waals surface area (Å²) in [5.41, 5.74) is 1.54. The zero-order chi connectivity index (χ0) is 13.1. The predicted molar refractivity (Wildman–Crippen MR) is 84.4 cm³/mol. The largest absolute Gasteiger partial charge is 0.317 e. The first kappa shape index (κ1) is 15.7. The van der Waals surface area contributed by atoms with E-state index in [2.05, 4.69) is 35.7 Å². The summed E-state index contributed by atoms with van der Waals surface area (Å²) in [7, 11) is 0. The zero-order valence-electron chi connectivity index (χ0n) is 12.2. The van der Waals surface area contributed by atoms with Crippen molar-refractivity contribution in [3.8, 4) is 0 Å². The summed E-state index contributed by atoms with van der Waals surface area (Å²) in [5, 5.41) is 2.20. The number of rotatable bonds is 10. The molecule has 0 aliphatic carbocycles. The minimum atomic E-state index is 1.22. The van der Waals surface area contributed by atoms with Crippen molar-refractivity contribution < 1.29 is 0 Å². The number of allylic oxidation sites excluding steroid dienone is 3. The summed E-state index contributed by atoms with van der Waals surface area (Å²) in [4.78, 5) is 0. The van der Waals surface area contributed by atoms with Gasteiger partial charge in [-0.1, -0.05) is 58.4 Å². The van der Waals surface area contributed by atoms with Crippen LogP contribution >= 0.6 is 11.9 Å². The Morgan fingerprint density at radius 2 is 1.67 bits per heavy atom. The van der Waals surface area contributed by atoms with Crippen LogP contribution in [-0.2, 0) is 0 Å². The third-order valence-corrected chi connectivity index (χ3v) is 4.33. The maximum atomic E-state index is 2.50. The molecular formula is C16H29NS. The Bertz CT molecular complexity index is 258. The van der Waals surface area contributed by atoms with Gasteiger partial charge >= 0.3 is 0 Å². The standard InChI is InChI=1S/C16H29NS/c1-3-5-7-9-12-16-13-11-15-18-17(16)14-10-8-6-4-2/h11,13,15H,3-10,12,14H2,1-2H3.